The van der Waals surface area contributed by atoms with E-state index in [4.69, 9.17) is 4.74 Å². The second kappa shape index (κ2) is 6.74. The highest BCUT2D eigenvalue weighted by atomic mass is 19.1. The van der Waals surface area contributed by atoms with Gasteiger partial charge >= 0.3 is 6.03 Å². The van der Waals surface area contributed by atoms with E-state index in [0.29, 0.717) is 18.8 Å². The quantitative estimate of drug-likeness (QED) is 0.845. The van der Waals surface area contributed by atoms with Gasteiger partial charge in [0.05, 0.1) is 31.6 Å². The van der Waals surface area contributed by atoms with Gasteiger partial charge in [-0.3, -0.25) is 14.7 Å². The van der Waals surface area contributed by atoms with E-state index in [1.807, 2.05) is 18.2 Å². The van der Waals surface area contributed by atoms with E-state index in [1.165, 1.54) is 11.0 Å². The summed E-state index contributed by atoms with van der Waals surface area (Å²) in [4.78, 5) is 31.9. The maximum absolute atomic E-state index is 13.0. The third-order valence-electron chi connectivity index (χ3n) is 4.66. The SMILES string of the molecule is O=C1CCN(Cc2ccc(F)cn2)C(=O)N1Cc1cccc2c1OCC2. The molecule has 0 saturated carbocycles. The number of urea groups is 1. The number of pyridine rings is 1. The molecule has 1 aromatic heterocycles. The molecule has 134 valence electrons. The number of fused-ring (bicyclic) bond motifs is 1. The third kappa shape index (κ3) is 3.12. The Kier molecular flexibility index (Phi) is 4.28. The zero-order valence-corrected chi connectivity index (χ0v) is 14.2. The van der Waals surface area contributed by atoms with Crippen LogP contribution in [0.3, 0.4) is 0 Å². The summed E-state index contributed by atoms with van der Waals surface area (Å²) >= 11 is 0. The molecular weight excluding hydrogens is 337 g/mol. The zero-order chi connectivity index (χ0) is 18.1. The minimum Gasteiger partial charge on any atom is -0.493 e. The molecule has 7 heteroatoms. The number of halogens is 1. The van der Waals surface area contributed by atoms with Crippen molar-refractivity contribution in [3.63, 3.8) is 0 Å². The standard InChI is InChI=1S/C19H18FN3O3/c20-15-4-5-16(21-10-15)12-22-8-6-17(24)23(19(22)25)11-14-3-1-2-13-7-9-26-18(13)14/h1-5,10H,6-9,11-12H2. The normalized spacial score (nSPS) is 16.7. The van der Waals surface area contributed by atoms with Crippen molar-refractivity contribution in [2.75, 3.05) is 13.2 Å². The van der Waals surface area contributed by atoms with Crippen molar-refractivity contribution in [1.82, 2.24) is 14.8 Å². The summed E-state index contributed by atoms with van der Waals surface area (Å²) in [5.41, 5.74) is 2.52. The van der Waals surface area contributed by atoms with Gasteiger partial charge < -0.3 is 9.64 Å². The molecule has 1 aromatic carbocycles. The van der Waals surface area contributed by atoms with Gasteiger partial charge in [0.15, 0.2) is 0 Å². The molecule has 2 aliphatic rings. The van der Waals surface area contributed by atoms with Gasteiger partial charge in [0, 0.05) is 24.9 Å². The van der Waals surface area contributed by atoms with Crippen molar-refractivity contribution in [3.8, 4) is 5.75 Å². The maximum Gasteiger partial charge on any atom is 0.327 e. The summed E-state index contributed by atoms with van der Waals surface area (Å²) in [7, 11) is 0. The lowest BCUT2D eigenvalue weighted by Gasteiger charge is -2.34. The van der Waals surface area contributed by atoms with Crippen LogP contribution >= 0.6 is 0 Å². The number of hydrogen-bond acceptors (Lipinski definition) is 4. The first-order valence-corrected chi connectivity index (χ1v) is 8.55. The zero-order valence-electron chi connectivity index (χ0n) is 14.2. The number of hydrogen-bond donors (Lipinski definition) is 0. The predicted octanol–water partition coefficient (Wildman–Crippen LogP) is 2.51. The van der Waals surface area contributed by atoms with Crippen LogP contribution in [0, 0.1) is 5.82 Å². The summed E-state index contributed by atoms with van der Waals surface area (Å²) in [5.74, 6) is 0.160. The number of imide groups is 1. The fourth-order valence-electron chi connectivity index (χ4n) is 3.31. The van der Waals surface area contributed by atoms with Crippen molar-refractivity contribution in [3.05, 3.63) is 59.2 Å². The Hall–Kier alpha value is -2.96. The Morgan fingerprint density at radius 1 is 1.12 bits per heavy atom. The first kappa shape index (κ1) is 16.5. The molecule has 3 heterocycles. The summed E-state index contributed by atoms with van der Waals surface area (Å²) in [5, 5.41) is 0. The van der Waals surface area contributed by atoms with Gasteiger partial charge in [-0.05, 0) is 17.7 Å². The van der Waals surface area contributed by atoms with Crippen molar-refractivity contribution in [1.29, 1.82) is 0 Å². The topological polar surface area (TPSA) is 62.7 Å². The Bertz CT molecular complexity index is 854. The van der Waals surface area contributed by atoms with Crippen molar-refractivity contribution in [2.45, 2.75) is 25.9 Å². The number of ether oxygens (including phenoxy) is 1. The highest BCUT2D eigenvalue weighted by Crippen LogP contribution is 2.31. The van der Waals surface area contributed by atoms with Gasteiger partial charge in [0.2, 0.25) is 5.91 Å². The Balaban J connectivity index is 1.52. The average molecular weight is 355 g/mol. The number of para-hydroxylation sites is 1. The highest BCUT2D eigenvalue weighted by Gasteiger charge is 2.33. The van der Waals surface area contributed by atoms with Gasteiger partial charge in [-0.2, -0.15) is 0 Å². The Morgan fingerprint density at radius 3 is 2.81 bits per heavy atom. The van der Waals surface area contributed by atoms with Crippen LogP contribution in [0.25, 0.3) is 0 Å². The summed E-state index contributed by atoms with van der Waals surface area (Å²) in [6, 6.07) is 8.29. The summed E-state index contributed by atoms with van der Waals surface area (Å²) in [6.07, 6.45) is 2.22. The predicted molar refractivity (Wildman–Crippen MR) is 90.8 cm³/mol. The number of rotatable bonds is 4. The largest absolute Gasteiger partial charge is 0.493 e. The van der Waals surface area contributed by atoms with Gasteiger partial charge in [-0.25, -0.2) is 9.18 Å². The van der Waals surface area contributed by atoms with E-state index in [0.717, 1.165) is 29.5 Å². The van der Waals surface area contributed by atoms with E-state index in [2.05, 4.69) is 4.98 Å². The maximum atomic E-state index is 13.0. The number of nitrogens with zero attached hydrogens (tertiary/aromatic N) is 3. The van der Waals surface area contributed by atoms with Crippen molar-refractivity contribution in [2.24, 2.45) is 0 Å². The molecule has 4 rings (SSSR count). The molecule has 0 atom stereocenters. The first-order valence-electron chi connectivity index (χ1n) is 8.55. The van der Waals surface area contributed by atoms with E-state index in [1.54, 1.807) is 11.0 Å². The molecule has 0 aliphatic carbocycles. The van der Waals surface area contributed by atoms with E-state index in [-0.39, 0.29) is 31.4 Å². The van der Waals surface area contributed by atoms with Crippen LogP contribution in [0.4, 0.5) is 9.18 Å². The highest BCUT2D eigenvalue weighted by molar-refractivity contribution is 5.96. The molecule has 0 spiro atoms. The van der Waals surface area contributed by atoms with Gasteiger partial charge in [0.25, 0.3) is 0 Å². The molecule has 6 nitrogen and oxygen atoms in total. The van der Waals surface area contributed by atoms with Crippen LogP contribution in [0.1, 0.15) is 23.2 Å². The number of aromatic nitrogens is 1. The summed E-state index contributed by atoms with van der Waals surface area (Å²) in [6.45, 7) is 1.38. The molecule has 2 aliphatic heterocycles. The number of amides is 3. The van der Waals surface area contributed by atoms with Crippen LogP contribution in [0.2, 0.25) is 0 Å². The molecule has 0 bridgehead atoms. The molecule has 1 fully saturated rings. The van der Waals surface area contributed by atoms with Gasteiger partial charge in [0.1, 0.15) is 11.6 Å². The molecule has 3 amide bonds. The van der Waals surface area contributed by atoms with Crippen molar-refractivity contribution >= 4 is 11.9 Å². The first-order chi connectivity index (χ1) is 12.6. The lowest BCUT2D eigenvalue weighted by Crippen LogP contribution is -2.51. The molecule has 0 radical (unpaired) electrons. The van der Waals surface area contributed by atoms with Crippen LogP contribution < -0.4 is 4.74 Å². The number of carbonyl (C=O) groups excluding carboxylic acids is 2. The van der Waals surface area contributed by atoms with Crippen LogP contribution in [0.5, 0.6) is 5.75 Å². The second-order valence-corrected chi connectivity index (χ2v) is 6.41. The molecule has 0 N–H and O–H groups in total. The lowest BCUT2D eigenvalue weighted by molar-refractivity contribution is -0.131. The third-order valence-corrected chi connectivity index (χ3v) is 4.66. The number of carbonyl (C=O) groups is 2. The van der Waals surface area contributed by atoms with Gasteiger partial charge in [-0.1, -0.05) is 18.2 Å². The fourth-order valence-corrected chi connectivity index (χ4v) is 3.31. The van der Waals surface area contributed by atoms with Gasteiger partial charge in [-0.15, -0.1) is 0 Å². The minimum absolute atomic E-state index is 0.189. The minimum atomic E-state index is -0.423. The van der Waals surface area contributed by atoms with Crippen LogP contribution in [0.15, 0.2) is 36.5 Å². The lowest BCUT2D eigenvalue weighted by atomic mass is 10.1. The molecule has 1 saturated heterocycles. The molecule has 2 aromatic rings. The fraction of sp³-hybridized carbons (Fsp3) is 0.316. The van der Waals surface area contributed by atoms with Crippen LogP contribution in [-0.4, -0.2) is 39.9 Å². The Labute approximate surface area is 150 Å². The summed E-state index contributed by atoms with van der Waals surface area (Å²) < 4.78 is 18.7. The van der Waals surface area contributed by atoms with Crippen molar-refractivity contribution < 1.29 is 18.7 Å². The van der Waals surface area contributed by atoms with E-state index in [9.17, 15) is 14.0 Å². The monoisotopic (exact) mass is 355 g/mol. The molecular formula is C19H18FN3O3. The molecule has 26 heavy (non-hydrogen) atoms. The second-order valence-electron chi connectivity index (χ2n) is 6.41. The Morgan fingerprint density at radius 2 is 2.00 bits per heavy atom. The average Bonchev–Trinajstić information content (AvgIpc) is 3.12. The van der Waals surface area contributed by atoms with Crippen LogP contribution in [-0.2, 0) is 24.3 Å². The smallest absolute Gasteiger partial charge is 0.327 e. The van der Waals surface area contributed by atoms with E-state index >= 15 is 0 Å². The number of benzene rings is 1. The molecule has 0 unspecified atom stereocenters. The van der Waals surface area contributed by atoms with E-state index < -0.39 is 5.82 Å².